The number of para-hydroxylation sites is 1. The van der Waals surface area contributed by atoms with Gasteiger partial charge >= 0.3 is 41.6 Å². The lowest BCUT2D eigenvalue weighted by Gasteiger charge is -2.36. The minimum Gasteiger partial charge on any atom is -0.362 e. The highest BCUT2D eigenvalue weighted by Crippen LogP contribution is 2.49. The van der Waals surface area contributed by atoms with E-state index in [1.165, 1.54) is 12.1 Å². The van der Waals surface area contributed by atoms with Crippen molar-refractivity contribution in [1.29, 1.82) is 0 Å². The van der Waals surface area contributed by atoms with Gasteiger partial charge in [0, 0.05) is 0 Å². The largest absolute Gasteiger partial charge is 0.449 e. The van der Waals surface area contributed by atoms with Crippen LogP contribution in [0.5, 0.6) is 23.0 Å². The molecule has 20 atom stereocenters. The highest BCUT2D eigenvalue weighted by Gasteiger charge is 2.66. The van der Waals surface area contributed by atoms with Crippen molar-refractivity contribution in [2.24, 2.45) is 0 Å². The third kappa shape index (κ3) is 22.2. The van der Waals surface area contributed by atoms with E-state index in [2.05, 4.69) is 0 Å². The Labute approximate surface area is 670 Å². The average molecular weight is 1710 g/mol. The number of benzene rings is 4. The van der Waals surface area contributed by atoms with Crippen LogP contribution >= 0.6 is 0 Å². The predicted molar refractivity (Wildman–Crippen MR) is 392 cm³/mol. The first-order valence-electron chi connectivity index (χ1n) is 37.4. The lowest BCUT2D eigenvalue weighted by Crippen LogP contribution is -2.56. The number of ether oxygens (including phenoxy) is 20. The minimum atomic E-state index is -4.30. The van der Waals surface area contributed by atoms with Crippen molar-refractivity contribution in [2.45, 2.75) is 301 Å². The molecule has 0 spiro atoms. The third-order valence-electron chi connectivity index (χ3n) is 19.1. The summed E-state index contributed by atoms with van der Waals surface area (Å²) in [5.41, 5.74) is 2.94. The van der Waals surface area contributed by atoms with Gasteiger partial charge < -0.3 is 111 Å². The van der Waals surface area contributed by atoms with Gasteiger partial charge in [-0.05, 0) is 180 Å². The summed E-state index contributed by atoms with van der Waals surface area (Å²) in [6.45, 7) is 32.8. The van der Waals surface area contributed by atoms with E-state index in [1.54, 1.807) is 202 Å². The molecule has 0 N–H and O–H groups in total. The smallest absolute Gasteiger partial charge is 0.362 e. The molecule has 0 radical (unpaired) electrons. The van der Waals surface area contributed by atoms with Crippen LogP contribution in [0.4, 0.5) is 0 Å². The fourth-order valence-electron chi connectivity index (χ4n) is 14.7. The van der Waals surface area contributed by atoms with Crippen LogP contribution in [0.25, 0.3) is 0 Å². The lowest BCUT2D eigenvalue weighted by atomic mass is 9.99. The molecule has 0 aromatic heterocycles. The van der Waals surface area contributed by atoms with Gasteiger partial charge in [0.25, 0.3) is 0 Å². The van der Waals surface area contributed by atoms with Gasteiger partial charge in [0.2, 0.25) is 0 Å². The molecule has 8 unspecified atom stereocenters. The maximum atomic E-state index is 12.2. The van der Waals surface area contributed by atoms with Crippen LogP contribution in [0.1, 0.15) is 127 Å². The fraction of sp³-hybridized carbons (Fsp3) is 0.680. The van der Waals surface area contributed by atoms with E-state index in [1.807, 2.05) is 20.8 Å². The molecule has 4 aromatic carbocycles. The van der Waals surface area contributed by atoms with E-state index in [0.717, 1.165) is 16.7 Å². The van der Waals surface area contributed by atoms with Gasteiger partial charge in [0.05, 0.1) is 26.4 Å². The zero-order valence-electron chi connectivity index (χ0n) is 67.0. The molecule has 4 aromatic rings. The van der Waals surface area contributed by atoms with E-state index >= 15 is 0 Å². The first-order valence-corrected chi connectivity index (χ1v) is 42.7. The van der Waals surface area contributed by atoms with Gasteiger partial charge in [-0.1, -0.05) is 71.3 Å². The molecule has 642 valence electrons. The van der Waals surface area contributed by atoms with Crippen molar-refractivity contribution in [3.8, 4) is 23.0 Å². The SMILES string of the molecule is CC1(C)OC2[C@H](OC(COS(=O)(=O)Oc3ccccc3)[C@@H]3OC(C)(C)O[C@H]23)O1.Cc1ccc(OS(=O)(=O)OCC2O[C@@H]3OC(C)(C)OC3[C@H]3OC(C)(C)O[C@@H]23)cc1.Cc1ccc(OS(=O)(=O)OCC2O[C@@H]3OC(C)(C)OC3[C@H]3OC(C)(C)O[C@@H]23)cc1.Cc1ccc(OS(=O)(=O)OCC2O[C@@H]3OC(C)(C)OC3[C@H]3OC(C)(C)O[C@@H]23)cc1. The Hall–Kier alpha value is -5.08. The molecule has 0 bridgehead atoms. The van der Waals surface area contributed by atoms with Crippen LogP contribution in [0.15, 0.2) is 103 Å². The number of fused-ring (bicyclic) bond motifs is 12. The second-order valence-corrected chi connectivity index (χ2v) is 37.6. The first kappa shape index (κ1) is 87.7. The first-order chi connectivity index (χ1) is 53.3. The standard InChI is InChI=1S/3C19H26O9S.C18H24O9S/c3*1-11-6-8-12(9-7-11)28-29(20,21)22-10-13-14-15(25-18(2,3)24-14)16-17(23-13)27-19(4,5)26-16;1-17(2)23-13-12(10-21-28(19,20)27-11-8-6-5-7-9-11)22-16-15(14(13)24-17)25-18(3,4)26-16/h3*6-9,13-17H,10H2,1-5H3;5-9,12-16H,10H2,1-4H3/t3*13?,14-,15-,16?,17+;12?,13-,14-,15?,16+/m0000/s1. The predicted octanol–water partition coefficient (Wildman–Crippen LogP) is 7.82. The highest BCUT2D eigenvalue weighted by molar-refractivity contribution is 7.83. The minimum absolute atomic E-state index is 0.154. The molecule has 0 amide bonds. The number of hydrogen-bond donors (Lipinski definition) is 0. The zero-order valence-corrected chi connectivity index (χ0v) is 70.3. The second-order valence-electron chi connectivity index (χ2n) is 32.7. The molecule has 16 rings (SSSR count). The summed E-state index contributed by atoms with van der Waals surface area (Å²) in [5.74, 6) is -6.28. The maximum Gasteiger partial charge on any atom is 0.449 e. The van der Waals surface area contributed by atoms with Crippen LogP contribution in [0.2, 0.25) is 0 Å². The van der Waals surface area contributed by atoms with Crippen LogP contribution in [0.3, 0.4) is 0 Å². The Morgan fingerprint density at radius 2 is 0.409 bits per heavy atom. The molecule has 36 nitrogen and oxygen atoms in total. The van der Waals surface area contributed by atoms with Gasteiger partial charge in [0.15, 0.2) is 71.5 Å². The van der Waals surface area contributed by atoms with Crippen molar-refractivity contribution < 1.29 is 162 Å². The molecule has 0 saturated carbocycles. The Morgan fingerprint density at radius 1 is 0.235 bits per heavy atom. The molecule has 0 aliphatic carbocycles. The maximum absolute atomic E-state index is 12.2. The number of rotatable bonds is 20. The van der Waals surface area contributed by atoms with E-state index in [4.69, 9.17) is 128 Å². The lowest BCUT2D eigenvalue weighted by molar-refractivity contribution is -0.238. The average Bonchev–Trinajstić information content (AvgIpc) is 1.61. The fourth-order valence-corrected chi connectivity index (χ4v) is 17.5. The van der Waals surface area contributed by atoms with Gasteiger partial charge in [-0.15, -0.1) is 0 Å². The molecule has 12 saturated heterocycles. The number of aryl methyl sites for hydroxylation is 3. The van der Waals surface area contributed by atoms with Gasteiger partial charge in [-0.25, -0.2) is 16.7 Å². The van der Waals surface area contributed by atoms with Crippen molar-refractivity contribution >= 4 is 41.6 Å². The summed E-state index contributed by atoms with van der Waals surface area (Å²) in [5, 5.41) is 0. The molecule has 115 heavy (non-hydrogen) atoms. The quantitative estimate of drug-likeness (QED) is 0.0813. The normalized spacial score (nSPS) is 35.3. The topological polar surface area (TPSA) is 395 Å². The van der Waals surface area contributed by atoms with Crippen molar-refractivity contribution in [3.63, 3.8) is 0 Å². The Bertz CT molecular complexity index is 4150. The van der Waals surface area contributed by atoms with Crippen LogP contribution in [0, 0.1) is 20.8 Å². The molecule has 12 heterocycles. The number of hydrogen-bond acceptors (Lipinski definition) is 36. The summed E-state index contributed by atoms with van der Waals surface area (Å²) in [7, 11) is -17.2. The Balaban J connectivity index is 0.000000134. The van der Waals surface area contributed by atoms with Gasteiger partial charge in [-0.2, -0.15) is 33.7 Å². The van der Waals surface area contributed by atoms with E-state index < -0.39 is 211 Å². The molecule has 40 heteroatoms. The molecule has 12 aliphatic rings. The second kappa shape index (κ2) is 32.7. The van der Waals surface area contributed by atoms with E-state index in [-0.39, 0.29) is 49.4 Å². The summed E-state index contributed by atoms with van der Waals surface area (Å²) in [6, 6.07) is 27.8. The van der Waals surface area contributed by atoms with Crippen molar-refractivity contribution in [1.82, 2.24) is 0 Å². The van der Waals surface area contributed by atoms with Crippen LogP contribution in [-0.2, 0) is 153 Å². The van der Waals surface area contributed by atoms with Gasteiger partial charge in [-0.3, -0.25) is 0 Å². The molecule has 12 aliphatic heterocycles. The van der Waals surface area contributed by atoms with Crippen LogP contribution in [-0.4, -0.2) is 229 Å². The monoisotopic (exact) mass is 1710 g/mol. The summed E-state index contributed by atoms with van der Waals surface area (Å²) in [4.78, 5) is 0. The van der Waals surface area contributed by atoms with Crippen molar-refractivity contribution in [3.05, 3.63) is 120 Å². The summed E-state index contributed by atoms with van der Waals surface area (Å²) in [6.07, 6.45) is -12.2. The van der Waals surface area contributed by atoms with E-state index in [0.29, 0.717) is 0 Å². The third-order valence-corrected chi connectivity index (χ3v) is 22.4. The Kier molecular flexibility index (Phi) is 25.0. The zero-order chi connectivity index (χ0) is 83.2. The summed E-state index contributed by atoms with van der Waals surface area (Å²) < 4.78 is 256. The van der Waals surface area contributed by atoms with Crippen molar-refractivity contribution in [2.75, 3.05) is 26.4 Å². The Morgan fingerprint density at radius 3 is 0.617 bits per heavy atom. The molecular formula is C75H102O36S4. The van der Waals surface area contributed by atoms with E-state index in [9.17, 15) is 33.7 Å². The van der Waals surface area contributed by atoms with Gasteiger partial charge in [0.1, 0.15) is 121 Å². The molecule has 12 fully saturated rings. The van der Waals surface area contributed by atoms with Crippen LogP contribution < -0.4 is 16.7 Å². The highest BCUT2D eigenvalue weighted by atomic mass is 32.3. The summed E-state index contributed by atoms with van der Waals surface area (Å²) >= 11 is 0. The molecular weight excluding hydrogens is 1610 g/mol.